The minimum absolute atomic E-state index is 0.0326. The zero-order chi connectivity index (χ0) is 13.1. The van der Waals surface area contributed by atoms with Crippen molar-refractivity contribution in [3.05, 3.63) is 29.3 Å². The van der Waals surface area contributed by atoms with E-state index in [0.29, 0.717) is 0 Å². The average molecular weight is 264 g/mol. The molecule has 1 radical (unpaired) electrons. The lowest BCUT2D eigenvalue weighted by atomic mass is 10.2. The molecule has 0 N–H and O–H groups in total. The van der Waals surface area contributed by atoms with E-state index >= 15 is 0 Å². The first-order valence-electron chi connectivity index (χ1n) is 6.70. The topological polar surface area (TPSA) is 0 Å². The summed E-state index contributed by atoms with van der Waals surface area (Å²) in [6.07, 6.45) is 1.44. The smallest absolute Gasteiger partial charge is 0.0713 e. The van der Waals surface area contributed by atoms with Crippen LogP contribution in [0.5, 0.6) is 0 Å². The van der Waals surface area contributed by atoms with Gasteiger partial charge in [-0.1, -0.05) is 79.2 Å². The van der Waals surface area contributed by atoms with Gasteiger partial charge in [-0.05, 0) is 13.8 Å². The summed E-state index contributed by atoms with van der Waals surface area (Å²) in [7, 11) is -1.23. The second kappa shape index (κ2) is 6.01. The Hall–Kier alpha value is -0.346. The highest BCUT2D eigenvalue weighted by molar-refractivity contribution is 6.90. The highest BCUT2D eigenvalue weighted by Gasteiger charge is 2.24. The van der Waals surface area contributed by atoms with Gasteiger partial charge in [0.2, 0.25) is 0 Å². The van der Waals surface area contributed by atoms with Gasteiger partial charge in [0.05, 0.1) is 8.07 Å². The number of hydrogen-bond donors (Lipinski definition) is 0. The van der Waals surface area contributed by atoms with Crippen LogP contribution in [-0.4, -0.2) is 16.9 Å². The highest BCUT2D eigenvalue weighted by Crippen LogP contribution is 2.17. The Morgan fingerprint density at radius 3 is 2.29 bits per heavy atom. The van der Waals surface area contributed by atoms with Gasteiger partial charge in [-0.15, -0.1) is 0 Å². The number of benzene rings is 1. The number of hydrogen-bond acceptors (Lipinski definition) is 0. The first-order chi connectivity index (χ1) is 7.83. The molecule has 0 fully saturated rings. The molecule has 2 heteroatoms. The van der Waals surface area contributed by atoms with E-state index in [9.17, 15) is 0 Å². The molecule has 95 valence electrons. The maximum absolute atomic E-state index is 2.53. The Labute approximate surface area is 110 Å². The SMILES string of the molecule is Cc1ccc([Si](C)(C)CCC[Si](C)C)c(C)c1. The van der Waals surface area contributed by atoms with Gasteiger partial charge in [0.25, 0.3) is 0 Å². The van der Waals surface area contributed by atoms with E-state index in [-0.39, 0.29) is 8.80 Å². The molecule has 0 aromatic heterocycles. The molecule has 0 aliphatic carbocycles. The molecular formula is C15H27Si2. The van der Waals surface area contributed by atoms with Gasteiger partial charge in [0.1, 0.15) is 0 Å². The molecule has 0 saturated carbocycles. The van der Waals surface area contributed by atoms with Crippen LogP contribution in [-0.2, 0) is 0 Å². The van der Waals surface area contributed by atoms with Crippen LogP contribution in [0.4, 0.5) is 0 Å². The van der Waals surface area contributed by atoms with Crippen LogP contribution in [0.3, 0.4) is 0 Å². The Morgan fingerprint density at radius 1 is 1.12 bits per heavy atom. The van der Waals surface area contributed by atoms with E-state index in [1.807, 2.05) is 0 Å². The van der Waals surface area contributed by atoms with Crippen molar-refractivity contribution < 1.29 is 0 Å². The molecule has 0 aliphatic rings. The number of rotatable bonds is 5. The van der Waals surface area contributed by atoms with Crippen molar-refractivity contribution in [2.45, 2.75) is 58.5 Å². The zero-order valence-electron chi connectivity index (χ0n) is 12.4. The second-order valence-corrected chi connectivity index (χ2v) is 14.0. The predicted molar refractivity (Wildman–Crippen MR) is 84.7 cm³/mol. The van der Waals surface area contributed by atoms with E-state index in [0.717, 1.165) is 0 Å². The van der Waals surface area contributed by atoms with Crippen molar-refractivity contribution in [2.75, 3.05) is 0 Å². The Morgan fingerprint density at radius 2 is 1.76 bits per heavy atom. The van der Waals surface area contributed by atoms with Gasteiger partial charge in [-0.3, -0.25) is 0 Å². The van der Waals surface area contributed by atoms with Crippen LogP contribution in [0.15, 0.2) is 18.2 Å². The van der Waals surface area contributed by atoms with Crippen LogP contribution in [0, 0.1) is 13.8 Å². The van der Waals surface area contributed by atoms with Crippen LogP contribution >= 0.6 is 0 Å². The largest absolute Gasteiger partial charge is 0.0809 e. The third-order valence-corrected chi connectivity index (χ3v) is 8.57. The van der Waals surface area contributed by atoms with Gasteiger partial charge in [-0.25, -0.2) is 0 Å². The molecule has 0 aliphatic heterocycles. The lowest BCUT2D eigenvalue weighted by molar-refractivity contribution is 1.03. The molecule has 0 amide bonds. The second-order valence-electron chi connectivity index (χ2n) is 6.26. The van der Waals surface area contributed by atoms with E-state index in [1.54, 1.807) is 5.19 Å². The van der Waals surface area contributed by atoms with E-state index in [1.165, 1.54) is 29.6 Å². The fraction of sp³-hybridized carbons (Fsp3) is 0.600. The molecule has 0 bridgehead atoms. The lowest BCUT2D eigenvalue weighted by Crippen LogP contribution is -2.42. The van der Waals surface area contributed by atoms with Gasteiger partial charge in [0, 0.05) is 8.80 Å². The maximum atomic E-state index is 2.53. The monoisotopic (exact) mass is 263 g/mol. The Bertz CT molecular complexity index is 367. The van der Waals surface area contributed by atoms with Crippen LogP contribution < -0.4 is 5.19 Å². The van der Waals surface area contributed by atoms with E-state index < -0.39 is 8.07 Å². The summed E-state index contributed by atoms with van der Waals surface area (Å²) in [6.45, 7) is 14.4. The highest BCUT2D eigenvalue weighted by atomic mass is 28.3. The molecular weight excluding hydrogens is 236 g/mol. The first kappa shape index (κ1) is 14.7. The van der Waals surface area contributed by atoms with Gasteiger partial charge in [0.15, 0.2) is 0 Å². The fourth-order valence-corrected chi connectivity index (χ4v) is 6.83. The quantitative estimate of drug-likeness (QED) is 0.692. The molecule has 0 nitrogen and oxygen atoms in total. The van der Waals surface area contributed by atoms with Crippen molar-refractivity contribution in [2.24, 2.45) is 0 Å². The summed E-state index contributed by atoms with van der Waals surface area (Å²) in [5, 5.41) is 1.67. The van der Waals surface area contributed by atoms with E-state index in [2.05, 4.69) is 58.2 Å². The Kier molecular flexibility index (Phi) is 5.20. The van der Waals surface area contributed by atoms with Crippen molar-refractivity contribution in [1.82, 2.24) is 0 Å². The lowest BCUT2D eigenvalue weighted by Gasteiger charge is -2.25. The normalized spacial score (nSPS) is 12.2. The molecule has 0 heterocycles. The van der Waals surface area contributed by atoms with Crippen molar-refractivity contribution in [3.63, 3.8) is 0 Å². The van der Waals surface area contributed by atoms with Crippen molar-refractivity contribution in [1.29, 1.82) is 0 Å². The zero-order valence-corrected chi connectivity index (χ0v) is 14.4. The third-order valence-electron chi connectivity index (χ3n) is 3.59. The minimum Gasteiger partial charge on any atom is -0.0713 e. The molecule has 1 aromatic carbocycles. The van der Waals surface area contributed by atoms with Gasteiger partial charge < -0.3 is 0 Å². The molecule has 0 atom stereocenters. The van der Waals surface area contributed by atoms with Crippen molar-refractivity contribution in [3.8, 4) is 0 Å². The van der Waals surface area contributed by atoms with E-state index in [4.69, 9.17) is 0 Å². The summed E-state index contributed by atoms with van der Waals surface area (Å²) >= 11 is 0. The average Bonchev–Trinajstić information content (AvgIpc) is 2.15. The van der Waals surface area contributed by atoms with Crippen LogP contribution in [0.1, 0.15) is 17.5 Å². The number of aryl methyl sites for hydroxylation is 2. The minimum atomic E-state index is -1.20. The summed E-state index contributed by atoms with van der Waals surface area (Å²) in [5.41, 5.74) is 2.91. The standard InChI is InChI=1S/C15H27Si2/c1-13-8-9-15(14(2)12-13)17(5,6)11-7-10-16(3)4/h8-9,12H,7,10-11H2,1-6H3. The molecule has 1 rings (SSSR count). The van der Waals surface area contributed by atoms with Gasteiger partial charge >= 0.3 is 0 Å². The Balaban J connectivity index is 2.74. The summed E-state index contributed by atoms with van der Waals surface area (Å²) in [5.74, 6) is 0. The molecule has 0 saturated heterocycles. The molecule has 0 spiro atoms. The van der Waals surface area contributed by atoms with Crippen LogP contribution in [0.25, 0.3) is 0 Å². The van der Waals surface area contributed by atoms with Crippen LogP contribution in [0.2, 0.25) is 38.3 Å². The first-order valence-corrected chi connectivity index (χ1v) is 12.6. The summed E-state index contributed by atoms with van der Waals surface area (Å²) in [6, 6.07) is 9.95. The van der Waals surface area contributed by atoms with Crippen molar-refractivity contribution >= 4 is 22.1 Å². The summed E-state index contributed by atoms with van der Waals surface area (Å²) < 4.78 is 0. The molecule has 0 unspecified atom stereocenters. The predicted octanol–water partition coefficient (Wildman–Crippen LogP) is 4.36. The van der Waals surface area contributed by atoms with Gasteiger partial charge in [-0.2, -0.15) is 0 Å². The summed E-state index contributed by atoms with van der Waals surface area (Å²) in [4.78, 5) is 0. The maximum Gasteiger partial charge on any atom is 0.0809 e. The third kappa shape index (κ3) is 4.43. The molecule has 1 aromatic rings. The molecule has 17 heavy (non-hydrogen) atoms. The fourth-order valence-electron chi connectivity index (χ4n) is 2.59.